The Morgan fingerprint density at radius 2 is 2.07 bits per heavy atom. The summed E-state index contributed by atoms with van der Waals surface area (Å²) in [5.74, 6) is 0.935. The van der Waals surface area contributed by atoms with Crippen molar-refractivity contribution in [3.63, 3.8) is 0 Å². The van der Waals surface area contributed by atoms with Crippen molar-refractivity contribution in [2.75, 3.05) is 19.6 Å². The van der Waals surface area contributed by atoms with Crippen molar-refractivity contribution >= 4 is 17.7 Å². The van der Waals surface area contributed by atoms with Crippen molar-refractivity contribution in [2.24, 2.45) is 0 Å². The molecule has 146 valence electrons. The molecule has 9 heteroatoms. The maximum Gasteiger partial charge on any atom is 0.447 e. The summed E-state index contributed by atoms with van der Waals surface area (Å²) in [6.07, 6.45) is 3.38. The average molecular weight is 399 g/mol. The fourth-order valence-electron chi connectivity index (χ4n) is 3.13. The van der Waals surface area contributed by atoms with Crippen LogP contribution in [0.5, 0.6) is 0 Å². The highest BCUT2D eigenvalue weighted by molar-refractivity contribution is 8.00. The third-order valence-corrected chi connectivity index (χ3v) is 5.11. The third-order valence-electron chi connectivity index (χ3n) is 4.36. The number of carbonyl (C=O) groups is 1. The summed E-state index contributed by atoms with van der Waals surface area (Å²) in [7, 11) is 0. The molecule has 3 rings (SSSR count). The van der Waals surface area contributed by atoms with Crippen LogP contribution in [0.1, 0.15) is 40.8 Å². The van der Waals surface area contributed by atoms with Crippen LogP contribution in [0.25, 0.3) is 0 Å². The fraction of sp³-hybridized carbons (Fsp3) is 0.444. The number of carbonyl (C=O) groups excluding carboxylic acids is 1. The highest BCUT2D eigenvalue weighted by atomic mass is 32.2. The number of likely N-dealkylation sites (tertiary alicyclic amines) is 1. The number of furan rings is 1. The van der Waals surface area contributed by atoms with Gasteiger partial charge in [-0.1, -0.05) is 0 Å². The van der Waals surface area contributed by atoms with Crippen molar-refractivity contribution in [3.05, 3.63) is 47.5 Å². The first-order valence-electron chi connectivity index (χ1n) is 8.63. The van der Waals surface area contributed by atoms with Crippen LogP contribution >= 0.6 is 11.8 Å². The van der Waals surface area contributed by atoms with E-state index in [0.717, 1.165) is 37.5 Å². The zero-order valence-electron chi connectivity index (χ0n) is 14.8. The highest BCUT2D eigenvalue weighted by Crippen LogP contribution is 2.37. The van der Waals surface area contributed by atoms with Gasteiger partial charge in [-0.05, 0) is 57.1 Å². The number of hydrogen-bond acceptors (Lipinski definition) is 5. The number of nitrogens with one attached hydrogen (secondary N) is 1. The lowest BCUT2D eigenvalue weighted by Gasteiger charge is -2.26. The highest BCUT2D eigenvalue weighted by Gasteiger charge is 2.33. The first-order valence-corrected chi connectivity index (χ1v) is 9.44. The van der Waals surface area contributed by atoms with Crippen LogP contribution in [0.15, 0.2) is 39.9 Å². The average Bonchev–Trinajstić information content (AvgIpc) is 3.26. The lowest BCUT2D eigenvalue weighted by atomic mass is 10.2. The summed E-state index contributed by atoms with van der Waals surface area (Å²) < 4.78 is 43.8. The largest absolute Gasteiger partial charge is 0.465 e. The molecule has 0 aliphatic carbocycles. The molecule has 3 heterocycles. The van der Waals surface area contributed by atoms with Gasteiger partial charge in [0.15, 0.2) is 0 Å². The van der Waals surface area contributed by atoms with Gasteiger partial charge < -0.3 is 9.73 Å². The number of thioether (sulfide) groups is 1. The number of alkyl halides is 3. The molecule has 0 radical (unpaired) electrons. The van der Waals surface area contributed by atoms with Crippen LogP contribution in [0.3, 0.4) is 0 Å². The van der Waals surface area contributed by atoms with Gasteiger partial charge in [0.25, 0.3) is 5.91 Å². The molecule has 27 heavy (non-hydrogen) atoms. The van der Waals surface area contributed by atoms with Crippen LogP contribution in [0.4, 0.5) is 13.2 Å². The van der Waals surface area contributed by atoms with Gasteiger partial charge in [0.05, 0.1) is 11.6 Å². The molecule has 0 aromatic carbocycles. The van der Waals surface area contributed by atoms with Gasteiger partial charge in [-0.15, -0.1) is 0 Å². The maximum absolute atomic E-state index is 12.7. The Bertz CT molecular complexity index is 788. The lowest BCUT2D eigenvalue weighted by molar-refractivity contribution is -0.0329. The van der Waals surface area contributed by atoms with Gasteiger partial charge in [-0.25, -0.2) is 4.98 Å². The van der Waals surface area contributed by atoms with E-state index in [1.54, 1.807) is 0 Å². The number of nitrogens with zero attached hydrogens (tertiary/aromatic N) is 2. The van der Waals surface area contributed by atoms with Gasteiger partial charge in [-0.2, -0.15) is 13.2 Å². The molecular formula is C18H20F3N3O2S. The molecule has 1 aliphatic rings. The molecule has 0 bridgehead atoms. The van der Waals surface area contributed by atoms with Crippen LogP contribution in [0, 0.1) is 6.92 Å². The standard InChI is InChI=1S/C18H20F3N3O2S/c1-12-6-7-15(26-12)14(24-9-2-3-10-24)11-23-16(25)13-5-4-8-22-17(13)27-18(19,20)21/h4-8,14H,2-3,9-11H2,1H3,(H,23,25). The van der Waals surface area contributed by atoms with E-state index < -0.39 is 11.4 Å². The second-order valence-electron chi connectivity index (χ2n) is 6.32. The number of hydrogen-bond donors (Lipinski definition) is 1. The number of amides is 1. The van der Waals surface area contributed by atoms with E-state index in [-0.39, 0.29) is 34.9 Å². The van der Waals surface area contributed by atoms with E-state index in [4.69, 9.17) is 4.42 Å². The minimum Gasteiger partial charge on any atom is -0.465 e. The van der Waals surface area contributed by atoms with Gasteiger partial charge in [0.1, 0.15) is 16.5 Å². The third kappa shape index (κ3) is 5.26. The van der Waals surface area contributed by atoms with Gasteiger partial charge in [0.2, 0.25) is 0 Å². The van der Waals surface area contributed by atoms with E-state index in [1.165, 1.54) is 18.3 Å². The predicted octanol–water partition coefficient (Wildman–Crippen LogP) is 4.16. The fourth-order valence-corrected chi connectivity index (χ4v) is 3.74. The predicted molar refractivity (Wildman–Crippen MR) is 95.5 cm³/mol. The molecule has 0 spiro atoms. The first kappa shape index (κ1) is 19.8. The summed E-state index contributed by atoms with van der Waals surface area (Å²) in [6.45, 7) is 3.88. The summed E-state index contributed by atoms with van der Waals surface area (Å²) in [5, 5.41) is 2.40. The first-order chi connectivity index (χ1) is 12.8. The van der Waals surface area contributed by atoms with Crippen LogP contribution in [0.2, 0.25) is 0 Å². The Hall–Kier alpha value is -2.00. The normalized spacial score (nSPS) is 16.4. The smallest absolute Gasteiger partial charge is 0.447 e. The van der Waals surface area contributed by atoms with Crippen LogP contribution in [-0.2, 0) is 0 Å². The number of pyridine rings is 1. The molecule has 1 amide bonds. The molecule has 1 unspecified atom stereocenters. The Labute approximate surface area is 159 Å². The van der Waals surface area contributed by atoms with Gasteiger partial charge >= 0.3 is 5.51 Å². The summed E-state index contributed by atoms with van der Waals surface area (Å²) in [5.41, 5.74) is -4.59. The Morgan fingerprint density at radius 1 is 1.33 bits per heavy atom. The Morgan fingerprint density at radius 3 is 2.70 bits per heavy atom. The number of rotatable bonds is 6. The van der Waals surface area contributed by atoms with E-state index >= 15 is 0 Å². The van der Waals surface area contributed by atoms with E-state index in [0.29, 0.717) is 0 Å². The van der Waals surface area contributed by atoms with Crippen molar-refractivity contribution < 1.29 is 22.4 Å². The molecule has 2 aromatic heterocycles. The molecule has 1 saturated heterocycles. The minimum absolute atomic E-state index is 0.0874. The van der Waals surface area contributed by atoms with Crippen molar-refractivity contribution in [1.82, 2.24) is 15.2 Å². The quantitative estimate of drug-likeness (QED) is 0.739. The lowest BCUT2D eigenvalue weighted by Crippen LogP contribution is -2.36. The molecular weight excluding hydrogens is 379 g/mol. The second kappa shape index (κ2) is 8.35. The van der Waals surface area contributed by atoms with Crippen LogP contribution < -0.4 is 5.32 Å². The molecule has 1 atom stereocenters. The summed E-state index contributed by atoms with van der Waals surface area (Å²) >= 11 is -0.386. The van der Waals surface area contributed by atoms with E-state index in [1.807, 2.05) is 19.1 Å². The van der Waals surface area contributed by atoms with Gasteiger partial charge in [-0.3, -0.25) is 9.69 Å². The Kier molecular flexibility index (Phi) is 6.11. The van der Waals surface area contributed by atoms with Crippen molar-refractivity contribution in [3.8, 4) is 0 Å². The maximum atomic E-state index is 12.7. The van der Waals surface area contributed by atoms with Gasteiger partial charge in [0, 0.05) is 24.5 Å². The monoisotopic (exact) mass is 399 g/mol. The molecule has 5 nitrogen and oxygen atoms in total. The summed E-state index contributed by atoms with van der Waals surface area (Å²) in [6, 6.07) is 6.38. The topological polar surface area (TPSA) is 58.4 Å². The number of aryl methyl sites for hydroxylation is 1. The summed E-state index contributed by atoms with van der Waals surface area (Å²) in [4.78, 5) is 18.4. The molecule has 1 aliphatic heterocycles. The molecule has 0 saturated carbocycles. The van der Waals surface area contributed by atoms with E-state index in [2.05, 4.69) is 15.2 Å². The Balaban J connectivity index is 1.73. The van der Waals surface area contributed by atoms with Crippen molar-refractivity contribution in [2.45, 2.75) is 36.3 Å². The number of halogens is 3. The zero-order valence-corrected chi connectivity index (χ0v) is 15.6. The minimum atomic E-state index is -4.51. The van der Waals surface area contributed by atoms with Crippen LogP contribution in [-0.4, -0.2) is 40.9 Å². The molecule has 2 aromatic rings. The van der Waals surface area contributed by atoms with Crippen molar-refractivity contribution in [1.29, 1.82) is 0 Å². The molecule has 1 fully saturated rings. The number of aromatic nitrogens is 1. The second-order valence-corrected chi connectivity index (χ2v) is 7.37. The SMILES string of the molecule is Cc1ccc(C(CNC(=O)c2cccnc2SC(F)(F)F)N2CCCC2)o1. The zero-order chi connectivity index (χ0) is 19.4. The van der Waals surface area contributed by atoms with E-state index in [9.17, 15) is 18.0 Å². The molecule has 1 N–H and O–H groups in total.